The molecule has 0 saturated heterocycles. The Morgan fingerprint density at radius 1 is 1.19 bits per heavy atom. The Kier molecular flexibility index (Phi) is 6.87. The highest BCUT2D eigenvalue weighted by Crippen LogP contribution is 2.05. The normalized spacial score (nSPS) is 11.9. The van der Waals surface area contributed by atoms with Crippen molar-refractivity contribution in [2.75, 3.05) is 6.61 Å². The molecule has 0 aliphatic heterocycles. The molecule has 1 unspecified atom stereocenters. The second kappa shape index (κ2) is 8.68. The van der Waals surface area contributed by atoms with Crippen LogP contribution in [-0.2, 0) is 25.5 Å². The van der Waals surface area contributed by atoms with E-state index in [1.165, 1.54) is 6.92 Å². The van der Waals surface area contributed by atoms with E-state index >= 15 is 0 Å². The molecule has 1 amide bonds. The molecule has 0 saturated carbocycles. The maximum atomic E-state index is 12.1. The predicted molar refractivity (Wildman–Crippen MR) is 78.5 cm³/mol. The van der Waals surface area contributed by atoms with Crippen LogP contribution in [0.3, 0.4) is 0 Å². The van der Waals surface area contributed by atoms with Crippen LogP contribution in [0.2, 0.25) is 0 Å². The quantitative estimate of drug-likeness (QED) is 0.608. The Balaban J connectivity index is 2.75. The third kappa shape index (κ3) is 6.51. The SMILES string of the molecule is CCOC(=O)/C=C/C(=O)C(Cc1ccccc1)NC(C)=O. The van der Waals surface area contributed by atoms with Crippen molar-refractivity contribution >= 4 is 17.7 Å². The summed E-state index contributed by atoms with van der Waals surface area (Å²) in [4.78, 5) is 34.5. The van der Waals surface area contributed by atoms with Gasteiger partial charge in [0.15, 0.2) is 5.78 Å². The Hall–Kier alpha value is -2.43. The summed E-state index contributed by atoms with van der Waals surface area (Å²) < 4.78 is 4.71. The average Bonchev–Trinajstić information content (AvgIpc) is 2.45. The zero-order chi connectivity index (χ0) is 15.7. The molecule has 0 aliphatic carbocycles. The monoisotopic (exact) mass is 289 g/mol. The number of hydrogen-bond donors (Lipinski definition) is 1. The molecule has 1 aromatic rings. The van der Waals surface area contributed by atoms with Crippen LogP contribution in [0.1, 0.15) is 19.4 Å². The van der Waals surface area contributed by atoms with Gasteiger partial charge in [0.2, 0.25) is 5.91 Å². The molecule has 1 atom stereocenters. The number of amides is 1. The van der Waals surface area contributed by atoms with Crippen LogP contribution < -0.4 is 5.32 Å². The van der Waals surface area contributed by atoms with Crippen LogP contribution in [0.5, 0.6) is 0 Å². The molecule has 1 N–H and O–H groups in total. The number of hydrogen-bond acceptors (Lipinski definition) is 4. The molecule has 0 bridgehead atoms. The molecular formula is C16H19NO4. The van der Waals surface area contributed by atoms with Crippen molar-refractivity contribution in [1.29, 1.82) is 0 Å². The molecule has 21 heavy (non-hydrogen) atoms. The lowest BCUT2D eigenvalue weighted by molar-refractivity contribution is -0.137. The fourth-order valence-corrected chi connectivity index (χ4v) is 1.77. The van der Waals surface area contributed by atoms with Gasteiger partial charge in [-0.05, 0) is 18.6 Å². The van der Waals surface area contributed by atoms with Crippen LogP contribution in [-0.4, -0.2) is 30.3 Å². The topological polar surface area (TPSA) is 72.5 Å². The minimum Gasteiger partial charge on any atom is -0.463 e. The van der Waals surface area contributed by atoms with Crippen LogP contribution >= 0.6 is 0 Å². The highest BCUT2D eigenvalue weighted by Gasteiger charge is 2.17. The van der Waals surface area contributed by atoms with E-state index in [9.17, 15) is 14.4 Å². The summed E-state index contributed by atoms with van der Waals surface area (Å²) in [5.41, 5.74) is 0.925. The van der Waals surface area contributed by atoms with E-state index in [1.54, 1.807) is 6.92 Å². The summed E-state index contributed by atoms with van der Waals surface area (Å²) in [7, 11) is 0. The number of carbonyl (C=O) groups excluding carboxylic acids is 3. The smallest absolute Gasteiger partial charge is 0.330 e. The van der Waals surface area contributed by atoms with Crippen molar-refractivity contribution in [2.45, 2.75) is 26.3 Å². The predicted octanol–water partition coefficient (Wildman–Crippen LogP) is 1.42. The molecule has 5 heteroatoms. The van der Waals surface area contributed by atoms with Gasteiger partial charge in [0.1, 0.15) is 0 Å². The van der Waals surface area contributed by atoms with Crippen molar-refractivity contribution in [3.05, 3.63) is 48.0 Å². The Morgan fingerprint density at radius 2 is 1.86 bits per heavy atom. The zero-order valence-corrected chi connectivity index (χ0v) is 12.2. The van der Waals surface area contributed by atoms with E-state index < -0.39 is 12.0 Å². The molecule has 0 fully saturated rings. The number of ketones is 1. The molecule has 0 aliphatic rings. The lowest BCUT2D eigenvalue weighted by Crippen LogP contribution is -2.40. The van der Waals surface area contributed by atoms with Crippen molar-refractivity contribution in [1.82, 2.24) is 5.32 Å². The Bertz CT molecular complexity index is 522. The van der Waals surface area contributed by atoms with E-state index in [2.05, 4.69) is 5.32 Å². The van der Waals surface area contributed by atoms with Crippen LogP contribution in [0, 0.1) is 0 Å². The molecule has 0 radical (unpaired) electrons. The first-order chi connectivity index (χ1) is 10.0. The summed E-state index contributed by atoms with van der Waals surface area (Å²) in [6, 6.07) is 8.64. The van der Waals surface area contributed by atoms with Crippen molar-refractivity contribution < 1.29 is 19.1 Å². The van der Waals surface area contributed by atoms with Crippen LogP contribution in [0.25, 0.3) is 0 Å². The zero-order valence-electron chi connectivity index (χ0n) is 12.2. The summed E-state index contributed by atoms with van der Waals surface area (Å²) in [5.74, 6) is -1.22. The molecular weight excluding hydrogens is 270 g/mol. The molecule has 112 valence electrons. The fourth-order valence-electron chi connectivity index (χ4n) is 1.77. The summed E-state index contributed by atoms with van der Waals surface area (Å²) >= 11 is 0. The number of ether oxygens (including phenoxy) is 1. The second-order valence-electron chi connectivity index (χ2n) is 4.43. The van der Waals surface area contributed by atoms with Crippen LogP contribution in [0.4, 0.5) is 0 Å². The average molecular weight is 289 g/mol. The maximum absolute atomic E-state index is 12.1. The second-order valence-corrected chi connectivity index (χ2v) is 4.43. The van der Waals surface area contributed by atoms with Gasteiger partial charge in [0.05, 0.1) is 12.6 Å². The van der Waals surface area contributed by atoms with Crippen molar-refractivity contribution in [3.63, 3.8) is 0 Å². The number of rotatable bonds is 7. The van der Waals surface area contributed by atoms with Crippen molar-refractivity contribution in [2.24, 2.45) is 0 Å². The van der Waals surface area contributed by atoms with Gasteiger partial charge in [-0.15, -0.1) is 0 Å². The molecule has 1 aromatic carbocycles. The highest BCUT2D eigenvalue weighted by atomic mass is 16.5. The largest absolute Gasteiger partial charge is 0.463 e. The molecule has 0 heterocycles. The van der Waals surface area contributed by atoms with E-state index in [-0.39, 0.29) is 18.3 Å². The minimum atomic E-state index is -0.699. The lowest BCUT2D eigenvalue weighted by Gasteiger charge is -2.15. The first kappa shape index (κ1) is 16.6. The van der Waals surface area contributed by atoms with E-state index in [4.69, 9.17) is 4.74 Å². The summed E-state index contributed by atoms with van der Waals surface area (Å²) in [6.45, 7) is 3.28. The van der Waals surface area contributed by atoms with Gasteiger partial charge in [-0.1, -0.05) is 30.3 Å². The van der Waals surface area contributed by atoms with E-state index in [0.717, 1.165) is 17.7 Å². The van der Waals surface area contributed by atoms with Gasteiger partial charge in [-0.3, -0.25) is 9.59 Å². The third-order valence-electron chi connectivity index (χ3n) is 2.67. The maximum Gasteiger partial charge on any atom is 0.330 e. The van der Waals surface area contributed by atoms with Gasteiger partial charge < -0.3 is 10.1 Å². The Morgan fingerprint density at radius 3 is 2.43 bits per heavy atom. The van der Waals surface area contributed by atoms with Gasteiger partial charge in [0.25, 0.3) is 0 Å². The minimum absolute atomic E-state index is 0.247. The number of benzene rings is 1. The standard InChI is InChI=1S/C16H19NO4/c1-3-21-16(20)10-9-15(19)14(17-12(2)18)11-13-7-5-4-6-8-13/h4-10,14H,3,11H2,1-2H3,(H,17,18)/b10-9+. The first-order valence-corrected chi connectivity index (χ1v) is 6.72. The molecule has 0 spiro atoms. The van der Waals surface area contributed by atoms with E-state index in [1.807, 2.05) is 30.3 Å². The fraction of sp³-hybridized carbons (Fsp3) is 0.312. The molecule has 1 rings (SSSR count). The first-order valence-electron chi connectivity index (χ1n) is 6.72. The van der Waals surface area contributed by atoms with E-state index in [0.29, 0.717) is 6.42 Å². The summed E-state index contributed by atoms with van der Waals surface area (Å²) in [5, 5.41) is 2.59. The van der Waals surface area contributed by atoms with Gasteiger partial charge in [0, 0.05) is 19.4 Å². The van der Waals surface area contributed by atoms with Gasteiger partial charge in [-0.25, -0.2) is 4.79 Å². The van der Waals surface area contributed by atoms with Gasteiger partial charge in [-0.2, -0.15) is 0 Å². The lowest BCUT2D eigenvalue weighted by atomic mass is 10.0. The molecule has 0 aromatic heterocycles. The molecule has 5 nitrogen and oxygen atoms in total. The number of nitrogens with one attached hydrogen (secondary N) is 1. The highest BCUT2D eigenvalue weighted by molar-refractivity contribution is 6.00. The van der Waals surface area contributed by atoms with Crippen molar-refractivity contribution in [3.8, 4) is 0 Å². The number of carbonyl (C=O) groups is 3. The summed E-state index contributed by atoms with van der Waals surface area (Å²) in [6.07, 6.45) is 2.58. The number of esters is 1. The van der Waals surface area contributed by atoms with Crippen LogP contribution in [0.15, 0.2) is 42.5 Å². The Labute approximate surface area is 124 Å². The third-order valence-corrected chi connectivity index (χ3v) is 2.67. The van der Waals surface area contributed by atoms with Gasteiger partial charge >= 0.3 is 5.97 Å².